The van der Waals surface area contributed by atoms with Gasteiger partial charge in [-0.2, -0.15) is 0 Å². The van der Waals surface area contributed by atoms with Crippen LogP contribution in [0.3, 0.4) is 0 Å². The molecule has 1 aliphatic heterocycles. The summed E-state index contributed by atoms with van der Waals surface area (Å²) in [7, 11) is 0. The summed E-state index contributed by atoms with van der Waals surface area (Å²) in [5.74, 6) is -0.367. The Morgan fingerprint density at radius 3 is 2.82 bits per heavy atom. The number of carbonyl (C=O) groups is 2. The molecule has 5 rings (SSSR count). The number of rotatable bonds is 5. The lowest BCUT2D eigenvalue weighted by molar-refractivity contribution is 0.0690. The number of halogens is 2. The summed E-state index contributed by atoms with van der Waals surface area (Å²) in [6, 6.07) is 12.1. The molecule has 170 valence electrons. The van der Waals surface area contributed by atoms with Gasteiger partial charge in [-0.15, -0.1) is 11.3 Å². The number of fused-ring (bicyclic) bond motifs is 1. The molecule has 0 spiro atoms. The van der Waals surface area contributed by atoms with Crippen molar-refractivity contribution in [1.29, 1.82) is 0 Å². The second-order valence-electron chi connectivity index (χ2n) is 8.78. The highest BCUT2D eigenvalue weighted by atomic mass is 35.5. The zero-order valence-electron chi connectivity index (χ0n) is 18.3. The van der Waals surface area contributed by atoms with E-state index in [2.05, 4.69) is 16.4 Å². The molecule has 1 saturated carbocycles. The van der Waals surface area contributed by atoms with Crippen molar-refractivity contribution in [1.82, 2.24) is 15.2 Å². The number of aromatic nitrogens is 1. The smallest absolute Gasteiger partial charge is 0.274 e. The van der Waals surface area contributed by atoms with Crippen LogP contribution in [-0.2, 0) is 0 Å². The van der Waals surface area contributed by atoms with Crippen LogP contribution < -0.4 is 5.32 Å². The first-order chi connectivity index (χ1) is 15.8. The number of hydrogen-bond acceptors (Lipinski definition) is 4. The van der Waals surface area contributed by atoms with Crippen LogP contribution in [0.4, 0.5) is 4.39 Å². The molecular weight excluding hydrogens is 461 g/mol. The van der Waals surface area contributed by atoms with Crippen LogP contribution in [0, 0.1) is 31.5 Å². The Morgan fingerprint density at radius 2 is 2.03 bits per heavy atom. The average Bonchev–Trinajstić information content (AvgIpc) is 3.30. The van der Waals surface area contributed by atoms with Crippen LogP contribution in [0.15, 0.2) is 42.5 Å². The van der Waals surface area contributed by atoms with Crippen molar-refractivity contribution < 1.29 is 14.0 Å². The van der Waals surface area contributed by atoms with Crippen LogP contribution in [-0.4, -0.2) is 40.8 Å². The summed E-state index contributed by atoms with van der Waals surface area (Å²) < 4.78 is 13.7. The lowest BCUT2D eigenvalue weighted by Crippen LogP contribution is -2.45. The lowest BCUT2D eigenvalue weighted by atomic mass is 10.1. The third-order valence-corrected chi connectivity index (χ3v) is 7.85. The van der Waals surface area contributed by atoms with Gasteiger partial charge in [0.25, 0.3) is 11.8 Å². The molecular formula is C25H23ClFN3O2S. The molecule has 33 heavy (non-hydrogen) atoms. The fraction of sp³-hybridized carbons (Fsp3) is 0.320. The fourth-order valence-electron chi connectivity index (χ4n) is 4.73. The molecule has 2 amide bonds. The van der Waals surface area contributed by atoms with Crippen LogP contribution in [0.2, 0.25) is 5.02 Å². The molecule has 2 fully saturated rings. The minimum absolute atomic E-state index is 0.0942. The number of likely N-dealkylation sites (tertiary alicyclic amines) is 1. The highest BCUT2D eigenvalue weighted by molar-refractivity contribution is 7.15. The van der Waals surface area contributed by atoms with Gasteiger partial charge in [-0.1, -0.05) is 47.5 Å². The van der Waals surface area contributed by atoms with Gasteiger partial charge in [0.15, 0.2) is 0 Å². The molecule has 2 heterocycles. The first-order valence-electron chi connectivity index (χ1n) is 10.9. The average molecular weight is 484 g/mol. The van der Waals surface area contributed by atoms with Gasteiger partial charge in [0.05, 0.1) is 26.5 Å². The monoisotopic (exact) mass is 483 g/mol. The molecule has 0 radical (unpaired) electrons. The molecule has 5 nitrogen and oxygen atoms in total. The van der Waals surface area contributed by atoms with Gasteiger partial charge in [-0.05, 0) is 49.8 Å². The van der Waals surface area contributed by atoms with E-state index in [1.54, 1.807) is 0 Å². The van der Waals surface area contributed by atoms with Gasteiger partial charge in [-0.3, -0.25) is 9.59 Å². The van der Waals surface area contributed by atoms with E-state index in [4.69, 9.17) is 11.6 Å². The highest BCUT2D eigenvalue weighted by Gasteiger charge is 2.54. The highest BCUT2D eigenvalue weighted by Crippen LogP contribution is 2.50. The zero-order valence-corrected chi connectivity index (χ0v) is 19.8. The molecule has 3 aromatic rings. The van der Waals surface area contributed by atoms with Crippen LogP contribution in [0.5, 0.6) is 0 Å². The number of piperidine rings is 1. The molecule has 3 atom stereocenters. The standard InChI is InChI=1S/C25H23ClFN3O2S/c1-13-5-3-6-15(9-13)23-22(29-14(2)33-23)25(32)30-12-16-10-18(16)20(30)11-28-24(31)17-7-4-8-19(27)21(17)26/h3-9,16,18,20H,10-12H2,1-2H3,(H,28,31)/t16-,18-,20-/m1/s1. The van der Waals surface area contributed by atoms with E-state index in [0.717, 1.165) is 27.4 Å². The largest absolute Gasteiger partial charge is 0.350 e. The molecule has 0 unspecified atom stereocenters. The second kappa shape index (κ2) is 8.54. The van der Waals surface area contributed by atoms with E-state index in [0.29, 0.717) is 30.6 Å². The normalized spacial score (nSPS) is 21.1. The Morgan fingerprint density at radius 1 is 1.24 bits per heavy atom. The van der Waals surface area contributed by atoms with E-state index in [1.807, 2.05) is 36.9 Å². The first kappa shape index (κ1) is 22.0. The molecule has 1 aliphatic carbocycles. The maximum Gasteiger partial charge on any atom is 0.274 e. The number of carbonyl (C=O) groups excluding carboxylic acids is 2. The first-order valence-corrected chi connectivity index (χ1v) is 12.1. The number of nitrogens with one attached hydrogen (secondary N) is 1. The van der Waals surface area contributed by atoms with Crippen molar-refractivity contribution in [3.05, 3.63) is 75.1 Å². The van der Waals surface area contributed by atoms with Gasteiger partial charge < -0.3 is 10.2 Å². The quantitative estimate of drug-likeness (QED) is 0.548. The molecule has 1 N–H and O–H groups in total. The predicted molar refractivity (Wildman–Crippen MR) is 127 cm³/mol. The molecule has 2 aliphatic rings. The van der Waals surface area contributed by atoms with Gasteiger partial charge >= 0.3 is 0 Å². The van der Waals surface area contributed by atoms with Crippen molar-refractivity contribution in [2.24, 2.45) is 11.8 Å². The minimum atomic E-state index is -0.633. The molecule has 1 saturated heterocycles. The maximum atomic E-state index is 13.7. The van der Waals surface area contributed by atoms with Crippen molar-refractivity contribution in [2.75, 3.05) is 13.1 Å². The van der Waals surface area contributed by atoms with Gasteiger partial charge in [0.1, 0.15) is 11.5 Å². The molecule has 2 aromatic carbocycles. The molecule has 8 heteroatoms. The summed E-state index contributed by atoms with van der Waals surface area (Å²) in [6.45, 7) is 4.88. The lowest BCUT2D eigenvalue weighted by Gasteiger charge is -2.27. The minimum Gasteiger partial charge on any atom is -0.350 e. The topological polar surface area (TPSA) is 62.3 Å². The Kier molecular flexibility index (Phi) is 5.70. The third-order valence-electron chi connectivity index (χ3n) is 6.45. The third kappa shape index (κ3) is 4.15. The SMILES string of the molecule is Cc1cccc(-c2sc(C)nc2C(=O)N2C[C@H]3C[C@H]3[C@H]2CNC(=O)c2cccc(F)c2Cl)c1. The molecule has 0 bridgehead atoms. The predicted octanol–water partition coefficient (Wildman–Crippen LogP) is 5.11. The summed E-state index contributed by atoms with van der Waals surface area (Å²) >= 11 is 7.48. The van der Waals surface area contributed by atoms with Crippen LogP contribution in [0.25, 0.3) is 10.4 Å². The number of nitrogens with zero attached hydrogens (tertiary/aromatic N) is 2. The maximum absolute atomic E-state index is 13.7. The number of thiazole rings is 1. The number of aryl methyl sites for hydroxylation is 2. The van der Waals surface area contributed by atoms with Gasteiger partial charge in [-0.25, -0.2) is 9.37 Å². The Hall–Kier alpha value is -2.77. The van der Waals surface area contributed by atoms with Crippen molar-refractivity contribution in [3.8, 4) is 10.4 Å². The van der Waals surface area contributed by atoms with E-state index >= 15 is 0 Å². The summed E-state index contributed by atoms with van der Waals surface area (Å²) in [4.78, 5) is 33.6. The molecule has 1 aromatic heterocycles. The van der Waals surface area contributed by atoms with Crippen molar-refractivity contribution in [2.45, 2.75) is 26.3 Å². The zero-order chi connectivity index (χ0) is 23.3. The number of hydrogen-bond donors (Lipinski definition) is 1. The Bertz CT molecular complexity index is 1260. The van der Waals surface area contributed by atoms with E-state index in [-0.39, 0.29) is 22.5 Å². The van der Waals surface area contributed by atoms with Crippen molar-refractivity contribution >= 4 is 34.8 Å². The second-order valence-corrected chi connectivity index (χ2v) is 10.4. The van der Waals surface area contributed by atoms with Crippen LogP contribution in [0.1, 0.15) is 37.8 Å². The van der Waals surface area contributed by atoms with Crippen LogP contribution >= 0.6 is 22.9 Å². The fourth-order valence-corrected chi connectivity index (χ4v) is 5.85. The Labute approximate surface area is 200 Å². The summed E-state index contributed by atoms with van der Waals surface area (Å²) in [5, 5.41) is 3.50. The van der Waals surface area contributed by atoms with Crippen molar-refractivity contribution in [3.63, 3.8) is 0 Å². The van der Waals surface area contributed by atoms with E-state index in [9.17, 15) is 14.0 Å². The van der Waals surface area contributed by atoms with Gasteiger partial charge in [0.2, 0.25) is 0 Å². The van der Waals surface area contributed by atoms with E-state index < -0.39 is 11.7 Å². The summed E-state index contributed by atoms with van der Waals surface area (Å²) in [6.07, 6.45) is 1.05. The van der Waals surface area contributed by atoms with E-state index in [1.165, 1.54) is 29.5 Å². The number of benzene rings is 2. The number of amides is 2. The summed E-state index contributed by atoms with van der Waals surface area (Å²) in [5.41, 5.74) is 2.67. The van der Waals surface area contributed by atoms with Gasteiger partial charge in [0, 0.05) is 13.1 Å². The Balaban J connectivity index is 1.36.